The molecule has 0 radical (unpaired) electrons. The van der Waals surface area contributed by atoms with Crippen LogP contribution in [0.3, 0.4) is 0 Å². The molecule has 1 aromatic carbocycles. The van der Waals surface area contributed by atoms with Crippen molar-refractivity contribution in [3.05, 3.63) is 54.3 Å². The van der Waals surface area contributed by atoms with Crippen LogP contribution in [0.2, 0.25) is 0 Å². The topological polar surface area (TPSA) is 9.23 Å². The number of hydrogen-bond acceptors (Lipinski definition) is 1. The summed E-state index contributed by atoms with van der Waals surface area (Å²) in [4.78, 5) is 0. The first-order valence-electron chi connectivity index (χ1n) is 5.23. The van der Waals surface area contributed by atoms with Crippen molar-refractivity contribution >= 4 is 6.08 Å². The summed E-state index contributed by atoms with van der Waals surface area (Å²) in [5.41, 5.74) is 1.19. The second kappa shape index (κ2) is 6.07. The summed E-state index contributed by atoms with van der Waals surface area (Å²) >= 11 is 0. The van der Waals surface area contributed by atoms with Gasteiger partial charge in [-0.25, -0.2) is 0 Å². The molecule has 0 aliphatic heterocycles. The van der Waals surface area contributed by atoms with Gasteiger partial charge in [-0.3, -0.25) is 0 Å². The lowest BCUT2D eigenvalue weighted by Gasteiger charge is -2.09. The lowest BCUT2D eigenvalue weighted by molar-refractivity contribution is 0.218. The lowest BCUT2D eigenvalue weighted by Crippen LogP contribution is -1.97. The first-order valence-corrected chi connectivity index (χ1v) is 5.23. The maximum atomic E-state index is 5.44. The van der Waals surface area contributed by atoms with Crippen molar-refractivity contribution in [2.24, 2.45) is 5.92 Å². The average Bonchev–Trinajstić information content (AvgIpc) is 2.25. The smallest absolute Gasteiger partial charge is 0.106 e. The Hall–Kier alpha value is -1.50. The average molecular weight is 202 g/mol. The van der Waals surface area contributed by atoms with Gasteiger partial charge in [0.15, 0.2) is 0 Å². The van der Waals surface area contributed by atoms with Gasteiger partial charge in [-0.1, -0.05) is 56.8 Å². The van der Waals surface area contributed by atoms with Crippen LogP contribution in [0.1, 0.15) is 19.4 Å². The van der Waals surface area contributed by atoms with Crippen LogP contribution in [0.25, 0.3) is 6.08 Å². The van der Waals surface area contributed by atoms with E-state index in [2.05, 4.69) is 32.6 Å². The predicted molar refractivity (Wildman–Crippen MR) is 65.4 cm³/mol. The Morgan fingerprint density at radius 1 is 1.33 bits per heavy atom. The van der Waals surface area contributed by atoms with Gasteiger partial charge in [-0.05, 0) is 11.6 Å². The number of benzene rings is 1. The van der Waals surface area contributed by atoms with Crippen LogP contribution < -0.4 is 0 Å². The number of hydrogen-bond donors (Lipinski definition) is 0. The molecular formula is C14H18O. The third-order valence-corrected chi connectivity index (χ3v) is 2.12. The van der Waals surface area contributed by atoms with Gasteiger partial charge in [0.2, 0.25) is 0 Å². The summed E-state index contributed by atoms with van der Waals surface area (Å²) < 4.78 is 5.44. The highest BCUT2D eigenvalue weighted by molar-refractivity contribution is 5.48. The standard InChI is InChI=1S/C14H18O/c1-12(2)13(3)15-11-7-10-14-8-5-4-6-9-14/h4-10,12H,3,11H2,1-2H3/b10-7+. The lowest BCUT2D eigenvalue weighted by atomic mass is 10.2. The Bertz CT molecular complexity index is 322. The van der Waals surface area contributed by atoms with Crippen molar-refractivity contribution in [3.8, 4) is 0 Å². The zero-order chi connectivity index (χ0) is 11.1. The van der Waals surface area contributed by atoms with Gasteiger partial charge in [0.25, 0.3) is 0 Å². The maximum Gasteiger partial charge on any atom is 0.106 e. The molecule has 0 amide bonds. The van der Waals surface area contributed by atoms with Crippen molar-refractivity contribution in [2.45, 2.75) is 13.8 Å². The van der Waals surface area contributed by atoms with Crippen molar-refractivity contribution < 1.29 is 4.74 Å². The van der Waals surface area contributed by atoms with Crippen LogP contribution in [0, 0.1) is 5.92 Å². The maximum absolute atomic E-state index is 5.44. The fourth-order valence-electron chi connectivity index (χ4n) is 1.07. The van der Waals surface area contributed by atoms with Crippen LogP contribution in [0.15, 0.2) is 48.7 Å². The Labute approximate surface area is 92.1 Å². The molecule has 0 N–H and O–H groups in total. The number of rotatable bonds is 5. The molecule has 1 aromatic rings. The summed E-state index contributed by atoms with van der Waals surface area (Å²) in [5.74, 6) is 1.22. The SMILES string of the molecule is C=C(OC/C=C/c1ccccc1)C(C)C. The fourth-order valence-corrected chi connectivity index (χ4v) is 1.07. The molecule has 0 unspecified atom stereocenters. The van der Waals surface area contributed by atoms with E-state index in [1.807, 2.05) is 30.4 Å². The van der Waals surface area contributed by atoms with Crippen molar-refractivity contribution in [1.82, 2.24) is 0 Å². The minimum Gasteiger partial charge on any atom is -0.494 e. The number of allylic oxidation sites excluding steroid dienone is 1. The van der Waals surface area contributed by atoms with Crippen LogP contribution in [-0.2, 0) is 4.74 Å². The molecule has 1 heteroatoms. The normalized spacial score (nSPS) is 10.9. The third kappa shape index (κ3) is 4.50. The van der Waals surface area contributed by atoms with Crippen LogP contribution >= 0.6 is 0 Å². The van der Waals surface area contributed by atoms with E-state index in [0.717, 1.165) is 5.76 Å². The molecular weight excluding hydrogens is 184 g/mol. The van der Waals surface area contributed by atoms with E-state index in [9.17, 15) is 0 Å². The van der Waals surface area contributed by atoms with Crippen LogP contribution in [0.5, 0.6) is 0 Å². The van der Waals surface area contributed by atoms with Gasteiger partial charge in [0.1, 0.15) is 6.61 Å². The van der Waals surface area contributed by atoms with E-state index >= 15 is 0 Å². The van der Waals surface area contributed by atoms with Crippen molar-refractivity contribution in [3.63, 3.8) is 0 Å². The fraction of sp³-hybridized carbons (Fsp3) is 0.286. The molecule has 0 aromatic heterocycles. The summed E-state index contributed by atoms with van der Waals surface area (Å²) in [6, 6.07) is 10.2. The molecule has 1 nitrogen and oxygen atoms in total. The minimum atomic E-state index is 0.384. The summed E-state index contributed by atoms with van der Waals surface area (Å²) in [6.45, 7) is 8.58. The summed E-state index contributed by atoms with van der Waals surface area (Å²) in [7, 11) is 0. The molecule has 80 valence electrons. The Balaban J connectivity index is 2.32. The molecule has 0 heterocycles. The Kier molecular flexibility index (Phi) is 4.69. The summed E-state index contributed by atoms with van der Waals surface area (Å²) in [5, 5.41) is 0. The second-order valence-electron chi connectivity index (χ2n) is 3.75. The molecule has 0 spiro atoms. The second-order valence-corrected chi connectivity index (χ2v) is 3.75. The van der Waals surface area contributed by atoms with Gasteiger partial charge < -0.3 is 4.74 Å². The molecule has 0 saturated heterocycles. The molecule has 0 saturated carbocycles. The molecule has 0 aliphatic carbocycles. The van der Waals surface area contributed by atoms with Crippen LogP contribution in [0.4, 0.5) is 0 Å². The molecule has 0 aliphatic rings. The van der Waals surface area contributed by atoms with Crippen molar-refractivity contribution in [2.75, 3.05) is 6.61 Å². The largest absolute Gasteiger partial charge is 0.494 e. The van der Waals surface area contributed by atoms with Gasteiger partial charge >= 0.3 is 0 Å². The van der Waals surface area contributed by atoms with E-state index in [1.54, 1.807) is 0 Å². The third-order valence-electron chi connectivity index (χ3n) is 2.12. The van der Waals surface area contributed by atoms with E-state index in [0.29, 0.717) is 12.5 Å². The van der Waals surface area contributed by atoms with E-state index in [1.165, 1.54) is 5.56 Å². The molecule has 0 bridgehead atoms. The minimum absolute atomic E-state index is 0.384. The molecule has 0 atom stereocenters. The van der Waals surface area contributed by atoms with E-state index in [-0.39, 0.29) is 0 Å². The van der Waals surface area contributed by atoms with E-state index < -0.39 is 0 Å². The monoisotopic (exact) mass is 202 g/mol. The quantitative estimate of drug-likeness (QED) is 0.658. The van der Waals surface area contributed by atoms with E-state index in [4.69, 9.17) is 4.74 Å². The van der Waals surface area contributed by atoms with Gasteiger partial charge in [0.05, 0.1) is 5.76 Å². The number of ether oxygens (including phenoxy) is 1. The highest BCUT2D eigenvalue weighted by Crippen LogP contribution is 2.08. The Morgan fingerprint density at radius 3 is 2.60 bits per heavy atom. The van der Waals surface area contributed by atoms with Crippen LogP contribution in [-0.4, -0.2) is 6.61 Å². The molecule has 0 fully saturated rings. The zero-order valence-corrected chi connectivity index (χ0v) is 9.44. The first kappa shape index (κ1) is 11.6. The predicted octanol–water partition coefficient (Wildman–Crippen LogP) is 3.89. The van der Waals surface area contributed by atoms with Gasteiger partial charge in [0, 0.05) is 5.92 Å². The van der Waals surface area contributed by atoms with Crippen molar-refractivity contribution in [1.29, 1.82) is 0 Å². The Morgan fingerprint density at radius 2 is 2.00 bits per heavy atom. The zero-order valence-electron chi connectivity index (χ0n) is 9.44. The highest BCUT2D eigenvalue weighted by atomic mass is 16.5. The first-order chi connectivity index (χ1) is 7.20. The highest BCUT2D eigenvalue weighted by Gasteiger charge is 1.98. The van der Waals surface area contributed by atoms with Gasteiger partial charge in [-0.15, -0.1) is 0 Å². The molecule has 15 heavy (non-hydrogen) atoms. The summed E-state index contributed by atoms with van der Waals surface area (Å²) in [6.07, 6.45) is 4.05. The van der Waals surface area contributed by atoms with Gasteiger partial charge in [-0.2, -0.15) is 0 Å². The molecule has 1 rings (SSSR count).